The van der Waals surface area contributed by atoms with Gasteiger partial charge in [-0.15, -0.1) is 0 Å². The summed E-state index contributed by atoms with van der Waals surface area (Å²) < 4.78 is -1.59. The first-order valence-electron chi connectivity index (χ1n) is 2.63. The van der Waals surface area contributed by atoms with Crippen LogP contribution in [0.15, 0.2) is 0 Å². The number of hydrogen-bond donors (Lipinski definition) is 1. The Morgan fingerprint density at radius 2 is 2.20 bits per heavy atom. The number of aliphatic hydroxyl groups is 1. The Morgan fingerprint density at radius 3 is 2.30 bits per heavy atom. The van der Waals surface area contributed by atoms with Crippen LogP contribution < -0.4 is 0 Å². The predicted molar refractivity (Wildman–Crippen MR) is 43.9 cm³/mol. The molecule has 0 radical (unpaired) electrons. The maximum Gasteiger partial charge on any atom is 0.352 e. The second-order valence-electron chi connectivity index (χ2n) is 1.77. The Morgan fingerprint density at radius 1 is 1.80 bits per heavy atom. The summed E-state index contributed by atoms with van der Waals surface area (Å²) in [6.45, 7) is 1.66. The van der Waals surface area contributed by atoms with Gasteiger partial charge in [-0.3, -0.25) is 10.1 Å². The first-order chi connectivity index (χ1) is 4.42. The van der Waals surface area contributed by atoms with Gasteiger partial charge in [0.1, 0.15) is 6.10 Å². The molecular weight excluding hydrogens is 270 g/mol. The van der Waals surface area contributed by atoms with Gasteiger partial charge in [0.2, 0.25) is 0 Å². The molecule has 0 aromatic heterocycles. The standard InChI is InChI=1S/C4H7Br2NO3/c1-2-3(8)4(5,6)7(9)10/h3,8H,2H2,1H3. The molecular formula is C4H7Br2NO3. The third-order valence-electron chi connectivity index (χ3n) is 1.03. The van der Waals surface area contributed by atoms with E-state index >= 15 is 0 Å². The van der Waals surface area contributed by atoms with E-state index < -0.39 is 14.4 Å². The van der Waals surface area contributed by atoms with Crippen LogP contribution in [0.1, 0.15) is 13.3 Å². The number of aliphatic hydroxyl groups excluding tert-OH is 1. The van der Waals surface area contributed by atoms with Gasteiger partial charge in [0.25, 0.3) is 0 Å². The predicted octanol–water partition coefficient (Wildman–Crippen LogP) is 1.48. The van der Waals surface area contributed by atoms with Crippen LogP contribution >= 0.6 is 31.9 Å². The highest BCUT2D eigenvalue weighted by Gasteiger charge is 2.43. The van der Waals surface area contributed by atoms with Crippen molar-refractivity contribution in [1.29, 1.82) is 0 Å². The summed E-state index contributed by atoms with van der Waals surface area (Å²) in [5.74, 6) is 0. The molecule has 10 heavy (non-hydrogen) atoms. The zero-order valence-corrected chi connectivity index (χ0v) is 8.42. The highest BCUT2D eigenvalue weighted by atomic mass is 79.9. The first kappa shape index (κ1) is 10.3. The summed E-state index contributed by atoms with van der Waals surface area (Å²) in [6, 6.07) is 0. The molecule has 0 heterocycles. The average molecular weight is 277 g/mol. The molecule has 0 saturated carbocycles. The van der Waals surface area contributed by atoms with Crippen LogP contribution in [0.25, 0.3) is 0 Å². The lowest BCUT2D eigenvalue weighted by molar-refractivity contribution is -0.515. The monoisotopic (exact) mass is 275 g/mol. The number of hydrogen-bond acceptors (Lipinski definition) is 3. The number of halogens is 2. The quantitative estimate of drug-likeness (QED) is 0.368. The lowest BCUT2D eigenvalue weighted by Crippen LogP contribution is -2.37. The Balaban J connectivity index is 4.23. The molecule has 6 heteroatoms. The maximum absolute atomic E-state index is 10.2. The number of rotatable bonds is 3. The van der Waals surface area contributed by atoms with Crippen molar-refractivity contribution in [2.75, 3.05) is 0 Å². The summed E-state index contributed by atoms with van der Waals surface area (Å²) >= 11 is 5.48. The lowest BCUT2D eigenvalue weighted by atomic mass is 10.3. The minimum Gasteiger partial charge on any atom is -0.384 e. The van der Waals surface area contributed by atoms with Crippen molar-refractivity contribution in [3.8, 4) is 0 Å². The Bertz CT molecular complexity index is 138. The van der Waals surface area contributed by atoms with Gasteiger partial charge >= 0.3 is 3.36 Å². The van der Waals surface area contributed by atoms with Gasteiger partial charge < -0.3 is 5.11 Å². The van der Waals surface area contributed by atoms with Crippen molar-refractivity contribution in [2.24, 2.45) is 0 Å². The van der Waals surface area contributed by atoms with E-state index in [-0.39, 0.29) is 0 Å². The largest absolute Gasteiger partial charge is 0.384 e. The summed E-state index contributed by atoms with van der Waals surface area (Å²) in [4.78, 5) is 9.55. The topological polar surface area (TPSA) is 63.4 Å². The van der Waals surface area contributed by atoms with E-state index in [2.05, 4.69) is 31.9 Å². The van der Waals surface area contributed by atoms with Gasteiger partial charge in [-0.25, -0.2) is 0 Å². The van der Waals surface area contributed by atoms with Crippen molar-refractivity contribution >= 4 is 31.9 Å². The van der Waals surface area contributed by atoms with Crippen LogP contribution in [0.2, 0.25) is 0 Å². The normalized spacial score (nSPS) is 14.8. The van der Waals surface area contributed by atoms with E-state index in [4.69, 9.17) is 5.11 Å². The van der Waals surface area contributed by atoms with Crippen LogP contribution in [-0.4, -0.2) is 19.5 Å². The van der Waals surface area contributed by atoms with Crippen molar-refractivity contribution in [3.05, 3.63) is 10.1 Å². The van der Waals surface area contributed by atoms with Gasteiger partial charge in [0.15, 0.2) is 0 Å². The van der Waals surface area contributed by atoms with Gasteiger partial charge in [-0.1, -0.05) is 6.92 Å². The van der Waals surface area contributed by atoms with Crippen molar-refractivity contribution < 1.29 is 10.0 Å². The minimum atomic E-state index is -1.59. The summed E-state index contributed by atoms with van der Waals surface area (Å²) in [5.41, 5.74) is 0. The van der Waals surface area contributed by atoms with Crippen molar-refractivity contribution in [2.45, 2.75) is 22.8 Å². The molecule has 0 bridgehead atoms. The molecule has 0 aromatic rings. The first-order valence-corrected chi connectivity index (χ1v) is 4.21. The highest BCUT2D eigenvalue weighted by molar-refractivity contribution is 9.25. The smallest absolute Gasteiger partial charge is 0.352 e. The van der Waals surface area contributed by atoms with E-state index in [1.54, 1.807) is 6.92 Å². The second kappa shape index (κ2) is 3.64. The summed E-state index contributed by atoms with van der Waals surface area (Å²) in [5, 5.41) is 19.2. The molecule has 1 unspecified atom stereocenters. The third kappa shape index (κ3) is 2.17. The van der Waals surface area contributed by atoms with Gasteiger partial charge in [0.05, 0.1) is 4.92 Å². The lowest BCUT2D eigenvalue weighted by Gasteiger charge is -2.16. The van der Waals surface area contributed by atoms with Crippen LogP contribution in [0.3, 0.4) is 0 Å². The minimum absolute atomic E-state index is 0.317. The maximum atomic E-state index is 10.2. The van der Waals surface area contributed by atoms with Gasteiger partial charge in [-0.05, 0) is 6.42 Å². The SMILES string of the molecule is CCC(O)C(Br)(Br)[N+](=O)[O-]. The van der Waals surface area contributed by atoms with Gasteiger partial charge in [-0.2, -0.15) is 0 Å². The number of nitrogens with zero attached hydrogens (tertiary/aromatic N) is 1. The van der Waals surface area contributed by atoms with Crippen LogP contribution in [0.5, 0.6) is 0 Å². The Hall–Kier alpha value is 0.320. The second-order valence-corrected chi connectivity index (χ2v) is 5.25. The third-order valence-corrected chi connectivity index (χ3v) is 2.67. The molecule has 0 aliphatic heterocycles. The molecule has 0 aliphatic rings. The van der Waals surface area contributed by atoms with Crippen LogP contribution in [-0.2, 0) is 0 Å². The van der Waals surface area contributed by atoms with E-state index in [0.29, 0.717) is 6.42 Å². The Kier molecular flexibility index (Phi) is 3.75. The van der Waals surface area contributed by atoms with Gasteiger partial charge in [0, 0.05) is 31.9 Å². The molecule has 0 fully saturated rings. The molecule has 4 nitrogen and oxygen atoms in total. The van der Waals surface area contributed by atoms with E-state index in [0.717, 1.165) is 0 Å². The zero-order chi connectivity index (χ0) is 8.36. The van der Waals surface area contributed by atoms with E-state index in [1.807, 2.05) is 0 Å². The van der Waals surface area contributed by atoms with E-state index in [1.165, 1.54) is 0 Å². The molecule has 0 saturated heterocycles. The molecule has 0 aromatic carbocycles. The molecule has 0 aliphatic carbocycles. The summed E-state index contributed by atoms with van der Waals surface area (Å²) in [7, 11) is 0. The average Bonchev–Trinajstić information content (AvgIpc) is 1.86. The molecule has 0 rings (SSSR count). The Labute approximate surface area is 75.0 Å². The van der Waals surface area contributed by atoms with Crippen LogP contribution in [0.4, 0.5) is 0 Å². The van der Waals surface area contributed by atoms with E-state index in [9.17, 15) is 10.1 Å². The van der Waals surface area contributed by atoms with Crippen molar-refractivity contribution in [1.82, 2.24) is 0 Å². The molecule has 0 amide bonds. The number of nitro groups is 1. The molecule has 0 spiro atoms. The highest BCUT2D eigenvalue weighted by Crippen LogP contribution is 2.31. The van der Waals surface area contributed by atoms with Crippen LogP contribution in [0, 0.1) is 10.1 Å². The molecule has 60 valence electrons. The number of alkyl halides is 2. The molecule has 1 atom stereocenters. The molecule has 1 N–H and O–H groups in total. The summed E-state index contributed by atoms with van der Waals surface area (Å²) in [6.07, 6.45) is -0.709. The fraction of sp³-hybridized carbons (Fsp3) is 1.00. The zero-order valence-electron chi connectivity index (χ0n) is 5.25. The fourth-order valence-corrected chi connectivity index (χ4v) is 1.01. The van der Waals surface area contributed by atoms with Crippen molar-refractivity contribution in [3.63, 3.8) is 0 Å². The fourth-order valence-electron chi connectivity index (χ4n) is 0.367.